The van der Waals surface area contributed by atoms with Gasteiger partial charge in [0.25, 0.3) is 0 Å². The van der Waals surface area contributed by atoms with E-state index in [1.54, 1.807) is 4.90 Å². The van der Waals surface area contributed by atoms with Crippen LogP contribution in [0.2, 0.25) is 0 Å². The Labute approximate surface area is 137 Å². The van der Waals surface area contributed by atoms with Crippen molar-refractivity contribution < 1.29 is 9.59 Å². The highest BCUT2D eigenvalue weighted by Crippen LogP contribution is 2.15. The maximum atomic E-state index is 12.0. The van der Waals surface area contributed by atoms with E-state index >= 15 is 0 Å². The summed E-state index contributed by atoms with van der Waals surface area (Å²) >= 11 is 0. The zero-order valence-electron chi connectivity index (χ0n) is 14.1. The number of anilines is 2. The second kappa shape index (κ2) is 7.97. The van der Waals surface area contributed by atoms with Crippen molar-refractivity contribution >= 4 is 23.2 Å². The molecule has 0 bridgehead atoms. The van der Waals surface area contributed by atoms with Crippen LogP contribution in [0.1, 0.15) is 19.3 Å². The lowest BCUT2D eigenvalue weighted by Crippen LogP contribution is -2.47. The molecule has 2 amide bonds. The van der Waals surface area contributed by atoms with Crippen molar-refractivity contribution in [2.75, 3.05) is 44.4 Å². The van der Waals surface area contributed by atoms with Crippen molar-refractivity contribution in [2.45, 2.75) is 25.3 Å². The third kappa shape index (κ3) is 5.25. The quantitative estimate of drug-likeness (QED) is 0.830. The normalized spacial score (nSPS) is 18.0. The molecule has 6 heteroatoms. The molecule has 0 aliphatic carbocycles. The summed E-state index contributed by atoms with van der Waals surface area (Å²) in [4.78, 5) is 27.1. The molecule has 0 saturated carbocycles. The number of amides is 2. The summed E-state index contributed by atoms with van der Waals surface area (Å²) in [7, 11) is 5.78. The van der Waals surface area contributed by atoms with Crippen LogP contribution in [0.25, 0.3) is 0 Å². The van der Waals surface area contributed by atoms with Gasteiger partial charge in [0.15, 0.2) is 0 Å². The third-order valence-electron chi connectivity index (χ3n) is 4.08. The number of hydrogen-bond acceptors (Lipinski definition) is 4. The van der Waals surface area contributed by atoms with Gasteiger partial charge < -0.3 is 20.4 Å². The average Bonchev–Trinajstić information content (AvgIpc) is 2.51. The summed E-state index contributed by atoms with van der Waals surface area (Å²) in [5.74, 6) is 0.192. The Morgan fingerprint density at radius 1 is 1.30 bits per heavy atom. The van der Waals surface area contributed by atoms with Crippen molar-refractivity contribution in [3.8, 4) is 0 Å². The van der Waals surface area contributed by atoms with E-state index in [0.717, 1.165) is 17.8 Å². The molecule has 1 unspecified atom stereocenters. The second-order valence-corrected chi connectivity index (χ2v) is 6.20. The van der Waals surface area contributed by atoms with Gasteiger partial charge in [-0.05, 0) is 30.7 Å². The molecule has 1 fully saturated rings. The topological polar surface area (TPSA) is 64.7 Å². The van der Waals surface area contributed by atoms with Gasteiger partial charge in [0.05, 0.1) is 0 Å². The summed E-state index contributed by atoms with van der Waals surface area (Å²) in [6, 6.07) is 8.04. The minimum Gasteiger partial charge on any atom is -0.378 e. The number of carbonyl (C=O) groups is 2. The molecule has 1 aliphatic rings. The van der Waals surface area contributed by atoms with Crippen molar-refractivity contribution in [2.24, 2.45) is 0 Å². The summed E-state index contributed by atoms with van der Waals surface area (Å²) in [6.45, 7) is 1.33. The van der Waals surface area contributed by atoms with Crippen molar-refractivity contribution in [3.05, 3.63) is 24.3 Å². The van der Waals surface area contributed by atoms with E-state index in [0.29, 0.717) is 25.9 Å². The van der Waals surface area contributed by atoms with E-state index in [1.807, 2.05) is 50.3 Å². The monoisotopic (exact) mass is 318 g/mol. The number of carbonyl (C=O) groups excluding carboxylic acids is 2. The molecule has 1 heterocycles. The first-order valence-corrected chi connectivity index (χ1v) is 8.00. The van der Waals surface area contributed by atoms with E-state index in [9.17, 15) is 9.59 Å². The molecule has 1 aromatic carbocycles. The van der Waals surface area contributed by atoms with Gasteiger partial charge in [0.2, 0.25) is 11.8 Å². The molecule has 1 atom stereocenters. The summed E-state index contributed by atoms with van der Waals surface area (Å²) in [5.41, 5.74) is 1.91. The van der Waals surface area contributed by atoms with Crippen LogP contribution in [0.15, 0.2) is 24.3 Å². The lowest BCUT2D eigenvalue weighted by Gasteiger charge is -2.30. The molecule has 0 radical (unpaired) electrons. The number of likely N-dealkylation sites (tertiary alicyclic amines) is 1. The van der Waals surface area contributed by atoms with Gasteiger partial charge >= 0.3 is 0 Å². The smallest absolute Gasteiger partial charge is 0.225 e. The highest BCUT2D eigenvalue weighted by atomic mass is 16.2. The van der Waals surface area contributed by atoms with Crippen LogP contribution in [0.4, 0.5) is 11.4 Å². The predicted molar refractivity (Wildman–Crippen MR) is 92.7 cm³/mol. The summed E-state index contributed by atoms with van der Waals surface area (Å²) in [6.07, 6.45) is 1.85. The molecule has 2 N–H and O–H groups in total. The number of piperidine rings is 1. The first kappa shape index (κ1) is 17.3. The van der Waals surface area contributed by atoms with Crippen LogP contribution in [0.3, 0.4) is 0 Å². The molecule has 0 aromatic heterocycles. The minimum absolute atomic E-state index is 0.00431. The molecule has 1 aliphatic heterocycles. The molecule has 2 rings (SSSR count). The highest BCUT2D eigenvalue weighted by Gasteiger charge is 2.22. The number of nitrogens with one attached hydrogen (secondary N) is 2. The van der Waals surface area contributed by atoms with Crippen LogP contribution in [-0.2, 0) is 9.59 Å². The van der Waals surface area contributed by atoms with Gasteiger partial charge in [-0.15, -0.1) is 0 Å². The Morgan fingerprint density at radius 3 is 2.61 bits per heavy atom. The molecule has 23 heavy (non-hydrogen) atoms. The fourth-order valence-corrected chi connectivity index (χ4v) is 2.64. The Balaban J connectivity index is 1.70. The number of likely N-dealkylation sites (N-methyl/N-ethyl adjacent to an activating group) is 1. The van der Waals surface area contributed by atoms with Crippen LogP contribution >= 0.6 is 0 Å². The zero-order chi connectivity index (χ0) is 16.8. The first-order valence-electron chi connectivity index (χ1n) is 8.00. The Kier molecular flexibility index (Phi) is 5.98. The number of rotatable bonds is 6. The van der Waals surface area contributed by atoms with Crippen molar-refractivity contribution in [3.63, 3.8) is 0 Å². The maximum absolute atomic E-state index is 12.0. The molecule has 126 valence electrons. The fourth-order valence-electron chi connectivity index (χ4n) is 2.64. The standard InChI is InChI=1S/C17H26N4O2/c1-20(2)15-7-4-13(5-8-15)19-16(22)10-11-18-14-6-9-17(23)21(3)12-14/h4-5,7-8,14,18H,6,9-12H2,1-3H3,(H,19,22). The van der Waals surface area contributed by atoms with Crippen LogP contribution in [-0.4, -0.2) is 57.0 Å². The van der Waals surface area contributed by atoms with Gasteiger partial charge in [-0.1, -0.05) is 0 Å². The Morgan fingerprint density at radius 2 is 2.00 bits per heavy atom. The van der Waals surface area contributed by atoms with Gasteiger partial charge in [-0.2, -0.15) is 0 Å². The van der Waals surface area contributed by atoms with Crippen LogP contribution in [0, 0.1) is 0 Å². The maximum Gasteiger partial charge on any atom is 0.225 e. The lowest BCUT2D eigenvalue weighted by molar-refractivity contribution is -0.132. The zero-order valence-corrected chi connectivity index (χ0v) is 14.1. The van der Waals surface area contributed by atoms with E-state index < -0.39 is 0 Å². The minimum atomic E-state index is -0.00431. The predicted octanol–water partition coefficient (Wildman–Crippen LogP) is 1.29. The SMILES string of the molecule is CN1CC(NCCC(=O)Nc2ccc(N(C)C)cc2)CCC1=O. The van der Waals surface area contributed by atoms with Crippen molar-refractivity contribution in [1.82, 2.24) is 10.2 Å². The van der Waals surface area contributed by atoms with Gasteiger partial charge in [0, 0.05) is 64.5 Å². The van der Waals surface area contributed by atoms with E-state index in [1.165, 1.54) is 0 Å². The largest absolute Gasteiger partial charge is 0.378 e. The third-order valence-corrected chi connectivity index (χ3v) is 4.08. The molecule has 1 aromatic rings. The Hall–Kier alpha value is -2.08. The van der Waals surface area contributed by atoms with E-state index in [-0.39, 0.29) is 17.9 Å². The van der Waals surface area contributed by atoms with Crippen molar-refractivity contribution in [1.29, 1.82) is 0 Å². The molecule has 1 saturated heterocycles. The van der Waals surface area contributed by atoms with E-state index in [2.05, 4.69) is 10.6 Å². The molecule has 0 spiro atoms. The molecular formula is C17H26N4O2. The number of benzene rings is 1. The lowest BCUT2D eigenvalue weighted by atomic mass is 10.1. The molecular weight excluding hydrogens is 292 g/mol. The number of nitrogens with zero attached hydrogens (tertiary/aromatic N) is 2. The van der Waals surface area contributed by atoms with E-state index in [4.69, 9.17) is 0 Å². The summed E-state index contributed by atoms with van der Waals surface area (Å²) in [5, 5.41) is 6.25. The average molecular weight is 318 g/mol. The van der Waals surface area contributed by atoms with Crippen LogP contribution in [0.5, 0.6) is 0 Å². The highest BCUT2D eigenvalue weighted by molar-refractivity contribution is 5.91. The van der Waals surface area contributed by atoms with Gasteiger partial charge in [-0.25, -0.2) is 0 Å². The van der Waals surface area contributed by atoms with Gasteiger partial charge in [0.1, 0.15) is 0 Å². The second-order valence-electron chi connectivity index (χ2n) is 6.20. The fraction of sp³-hybridized carbons (Fsp3) is 0.529. The number of hydrogen-bond donors (Lipinski definition) is 2. The molecule has 6 nitrogen and oxygen atoms in total. The van der Waals surface area contributed by atoms with Gasteiger partial charge in [-0.3, -0.25) is 9.59 Å². The Bertz CT molecular complexity index is 542. The first-order chi connectivity index (χ1) is 11.0. The van der Waals surface area contributed by atoms with Crippen LogP contribution < -0.4 is 15.5 Å². The summed E-state index contributed by atoms with van der Waals surface area (Å²) < 4.78 is 0.